The Kier molecular flexibility index (Phi) is 7.65. The molecule has 44 heavy (non-hydrogen) atoms. The molecule has 0 unspecified atom stereocenters. The number of aliphatic hydroxyl groups is 6. The maximum atomic E-state index is 14.0. The molecule has 1 aliphatic carbocycles. The predicted octanol–water partition coefficient (Wildman–Crippen LogP) is -2.10. The van der Waals surface area contributed by atoms with Crippen LogP contribution in [-0.2, 0) is 18.9 Å². The van der Waals surface area contributed by atoms with Gasteiger partial charge in [0.25, 0.3) is 5.79 Å². The van der Waals surface area contributed by atoms with E-state index in [4.69, 9.17) is 28.4 Å². The number of ketones is 1. The first-order valence-electron chi connectivity index (χ1n) is 13.7. The first-order valence-corrected chi connectivity index (χ1v) is 13.7. The minimum Gasteiger partial charge on any atom is -0.508 e. The van der Waals surface area contributed by atoms with E-state index < -0.39 is 97.0 Å². The number of phenols is 3. The second kappa shape index (κ2) is 11.0. The number of hydrogen-bond donors (Lipinski definition) is 9. The molecule has 2 aromatic carbocycles. The fraction of sp³-hybridized carbons (Fsp3) is 0.536. The second-order valence-electron chi connectivity index (χ2n) is 11.2. The van der Waals surface area contributed by atoms with Crippen LogP contribution >= 0.6 is 0 Å². The summed E-state index contributed by atoms with van der Waals surface area (Å²) in [6, 6.07) is 4.61. The van der Waals surface area contributed by atoms with Crippen molar-refractivity contribution in [2.45, 2.75) is 80.0 Å². The Balaban J connectivity index is 1.31. The largest absolute Gasteiger partial charge is 0.508 e. The van der Waals surface area contributed by atoms with E-state index in [1.807, 2.05) is 0 Å². The van der Waals surface area contributed by atoms with Gasteiger partial charge in [-0.15, -0.1) is 0 Å². The molecule has 0 bridgehead atoms. The van der Waals surface area contributed by atoms with Crippen LogP contribution in [0.4, 0.5) is 0 Å². The molecular weight excluding hydrogens is 592 g/mol. The number of aromatic hydroxyl groups is 3. The quantitative estimate of drug-likeness (QED) is 0.167. The SMILES string of the molecule is COc1cc2c(cc1O)[C@@H]1c3c(O)cc(O)cc3O[C@@]1(O[C@@H]1O[C@H](CO[C@@H]3O[C@@H](C)[C@H](O)[C@@H](O)[C@H]3O)[C@@H](O)[C@H](O)[C@H]1O)C2=O. The third-order valence-electron chi connectivity index (χ3n) is 8.45. The number of hydrogen-bond acceptors (Lipinski definition) is 16. The topological polar surface area (TPSA) is 255 Å². The molecule has 4 aliphatic rings. The number of carbonyl (C=O) groups excluding carboxylic acids is 1. The van der Waals surface area contributed by atoms with Crippen molar-refractivity contribution in [1.29, 1.82) is 0 Å². The van der Waals surface area contributed by atoms with Gasteiger partial charge < -0.3 is 74.4 Å². The van der Waals surface area contributed by atoms with Crippen LogP contribution in [0.5, 0.6) is 28.7 Å². The van der Waals surface area contributed by atoms with Gasteiger partial charge in [0.05, 0.1) is 31.3 Å². The molecule has 2 aromatic rings. The normalized spacial score (nSPS) is 39.4. The predicted molar refractivity (Wildman–Crippen MR) is 140 cm³/mol. The highest BCUT2D eigenvalue weighted by molar-refractivity contribution is 6.09. The summed E-state index contributed by atoms with van der Waals surface area (Å²) in [7, 11) is 1.27. The van der Waals surface area contributed by atoms with Gasteiger partial charge in [0.1, 0.15) is 60.0 Å². The number of carbonyl (C=O) groups is 1. The van der Waals surface area contributed by atoms with Crippen LogP contribution in [0.2, 0.25) is 0 Å². The maximum Gasteiger partial charge on any atom is 0.288 e. The standard InChI is InChI=1S/C28H32O16/c1-8-19(32)21(34)23(36)26(41-8)40-7-16-20(33)22(35)24(37)27(42-16)44-28-18(17-13(31)3-9(29)4-15(17)43-28)10-5-12(30)14(39-2)6-11(10)25(28)38/h3-6,8,16,18-24,26-27,29-37H,7H2,1-2H3/t8-,16+,18+,19-,20+,21+,22-,23+,24+,26+,27-,28-/m0/s1. The molecule has 16 nitrogen and oxygen atoms in total. The van der Waals surface area contributed by atoms with E-state index >= 15 is 0 Å². The monoisotopic (exact) mass is 624 g/mol. The fourth-order valence-electron chi connectivity index (χ4n) is 6.10. The van der Waals surface area contributed by atoms with Crippen LogP contribution in [-0.4, -0.2) is 133 Å². The Morgan fingerprint density at radius 3 is 2.20 bits per heavy atom. The molecule has 9 N–H and O–H groups in total. The van der Waals surface area contributed by atoms with Gasteiger partial charge in [-0.2, -0.15) is 0 Å². The Labute approximate surface area is 248 Å². The highest BCUT2D eigenvalue weighted by atomic mass is 16.8. The summed E-state index contributed by atoms with van der Waals surface area (Å²) >= 11 is 0. The van der Waals surface area contributed by atoms with E-state index in [2.05, 4.69) is 0 Å². The van der Waals surface area contributed by atoms with Crippen LogP contribution in [0.1, 0.15) is 34.3 Å². The number of rotatable bonds is 6. The Hall–Kier alpha value is -3.29. The zero-order chi connectivity index (χ0) is 31.8. The number of benzene rings is 2. The van der Waals surface area contributed by atoms with Gasteiger partial charge in [-0.1, -0.05) is 0 Å². The Bertz CT molecular complexity index is 1450. The molecule has 0 aromatic heterocycles. The third kappa shape index (κ3) is 4.57. The summed E-state index contributed by atoms with van der Waals surface area (Å²) in [5.74, 6) is -5.91. The molecule has 2 fully saturated rings. The Morgan fingerprint density at radius 2 is 1.50 bits per heavy atom. The van der Waals surface area contributed by atoms with Crippen molar-refractivity contribution in [2.24, 2.45) is 0 Å². The van der Waals surface area contributed by atoms with E-state index in [0.717, 1.165) is 12.1 Å². The molecule has 2 saturated heterocycles. The molecule has 0 amide bonds. The van der Waals surface area contributed by atoms with Gasteiger partial charge in [-0.3, -0.25) is 4.79 Å². The third-order valence-corrected chi connectivity index (χ3v) is 8.45. The summed E-state index contributed by atoms with van der Waals surface area (Å²) in [4.78, 5) is 14.0. The average Bonchev–Trinajstić information content (AvgIpc) is 3.42. The van der Waals surface area contributed by atoms with E-state index in [1.54, 1.807) is 0 Å². The number of phenolic OH excluding ortho intramolecular Hbond substituents is 3. The fourth-order valence-corrected chi connectivity index (χ4v) is 6.10. The molecule has 6 rings (SSSR count). The molecule has 3 aliphatic heterocycles. The van der Waals surface area contributed by atoms with Crippen LogP contribution in [0.3, 0.4) is 0 Å². The van der Waals surface area contributed by atoms with Crippen molar-refractivity contribution in [3.8, 4) is 28.7 Å². The lowest BCUT2D eigenvalue weighted by atomic mass is 9.89. The molecule has 0 spiro atoms. The average molecular weight is 625 g/mol. The lowest BCUT2D eigenvalue weighted by Crippen LogP contribution is -2.63. The molecule has 0 saturated carbocycles. The van der Waals surface area contributed by atoms with Crippen molar-refractivity contribution in [2.75, 3.05) is 13.7 Å². The first-order chi connectivity index (χ1) is 20.8. The number of Topliss-reactive ketones (excluding diaryl/α,β-unsaturated/α-hetero) is 1. The summed E-state index contributed by atoms with van der Waals surface area (Å²) in [5, 5.41) is 93.8. The van der Waals surface area contributed by atoms with E-state index in [-0.39, 0.29) is 33.9 Å². The van der Waals surface area contributed by atoms with Crippen LogP contribution in [0.15, 0.2) is 24.3 Å². The number of methoxy groups -OCH3 is 1. The van der Waals surface area contributed by atoms with E-state index in [1.165, 1.54) is 26.2 Å². The Morgan fingerprint density at radius 1 is 0.818 bits per heavy atom. The molecule has 16 heteroatoms. The lowest BCUT2D eigenvalue weighted by molar-refractivity contribution is -0.352. The van der Waals surface area contributed by atoms with E-state index in [9.17, 15) is 50.8 Å². The molecule has 3 heterocycles. The van der Waals surface area contributed by atoms with Crippen molar-refractivity contribution >= 4 is 5.78 Å². The van der Waals surface area contributed by atoms with Gasteiger partial charge in [0.15, 0.2) is 24.1 Å². The van der Waals surface area contributed by atoms with Gasteiger partial charge in [0, 0.05) is 17.7 Å². The summed E-state index contributed by atoms with van der Waals surface area (Å²) in [6.07, 6.45) is -16.1. The summed E-state index contributed by atoms with van der Waals surface area (Å²) in [5.41, 5.74) is 0.146. The van der Waals surface area contributed by atoms with E-state index in [0.29, 0.717) is 0 Å². The van der Waals surface area contributed by atoms with Crippen LogP contribution < -0.4 is 9.47 Å². The maximum absolute atomic E-state index is 14.0. The van der Waals surface area contributed by atoms with Crippen molar-refractivity contribution in [3.63, 3.8) is 0 Å². The molecule has 12 atom stereocenters. The minimum atomic E-state index is -2.40. The van der Waals surface area contributed by atoms with Crippen molar-refractivity contribution in [3.05, 3.63) is 41.0 Å². The van der Waals surface area contributed by atoms with Crippen LogP contribution in [0.25, 0.3) is 0 Å². The highest BCUT2D eigenvalue weighted by Crippen LogP contribution is 2.60. The van der Waals surface area contributed by atoms with Crippen LogP contribution in [0, 0.1) is 0 Å². The summed E-state index contributed by atoms with van der Waals surface area (Å²) in [6.45, 7) is 0.846. The smallest absolute Gasteiger partial charge is 0.288 e. The molecule has 0 radical (unpaired) electrons. The number of ether oxygens (including phenoxy) is 6. The second-order valence-corrected chi connectivity index (χ2v) is 11.2. The van der Waals surface area contributed by atoms with Gasteiger partial charge in [-0.05, 0) is 24.6 Å². The zero-order valence-electron chi connectivity index (χ0n) is 23.3. The molecular formula is C28H32O16. The van der Waals surface area contributed by atoms with Gasteiger partial charge >= 0.3 is 0 Å². The lowest BCUT2D eigenvalue weighted by Gasteiger charge is -2.44. The highest BCUT2D eigenvalue weighted by Gasteiger charge is 2.65. The summed E-state index contributed by atoms with van der Waals surface area (Å²) < 4.78 is 33.7. The van der Waals surface area contributed by atoms with Crippen molar-refractivity contribution in [1.82, 2.24) is 0 Å². The molecule has 240 valence electrons. The number of fused-ring (bicyclic) bond motifs is 5. The van der Waals surface area contributed by atoms with Crippen molar-refractivity contribution < 1.29 is 79.2 Å². The first kappa shape index (κ1) is 30.7. The minimum absolute atomic E-state index is 0.0172. The van der Waals surface area contributed by atoms with Gasteiger partial charge in [-0.25, -0.2) is 0 Å². The zero-order valence-corrected chi connectivity index (χ0v) is 23.3. The number of aliphatic hydroxyl groups excluding tert-OH is 6. The van der Waals surface area contributed by atoms with Gasteiger partial charge in [0.2, 0.25) is 5.78 Å².